The summed E-state index contributed by atoms with van der Waals surface area (Å²) < 4.78 is 12.7. The molecular formula is C22H27BrClN3O3. The molecule has 6 nitrogen and oxygen atoms in total. The lowest BCUT2D eigenvalue weighted by atomic mass is 10.0. The highest BCUT2D eigenvalue weighted by Gasteiger charge is 2.36. The monoisotopic (exact) mass is 495 g/mol. The zero-order valence-corrected chi connectivity index (χ0v) is 19.6. The molecule has 2 fully saturated rings. The van der Waals surface area contributed by atoms with Crippen molar-refractivity contribution in [1.82, 2.24) is 15.0 Å². The third-order valence-electron chi connectivity index (χ3n) is 5.75. The number of carbonyl (C=O) groups is 1. The van der Waals surface area contributed by atoms with E-state index in [1.807, 2.05) is 36.3 Å². The molecule has 2 aliphatic rings. The number of halogens is 2. The van der Waals surface area contributed by atoms with Crippen LogP contribution >= 0.6 is 28.3 Å². The topological polar surface area (TPSA) is 54.9 Å². The van der Waals surface area contributed by atoms with E-state index in [2.05, 4.69) is 20.9 Å². The smallest absolute Gasteiger partial charge is 0.239 e. The van der Waals surface area contributed by atoms with E-state index in [0.29, 0.717) is 13.0 Å². The molecule has 30 heavy (non-hydrogen) atoms. The van der Waals surface area contributed by atoms with Crippen LogP contribution in [-0.4, -0.2) is 41.2 Å². The van der Waals surface area contributed by atoms with Crippen molar-refractivity contribution in [3.8, 4) is 11.5 Å². The van der Waals surface area contributed by atoms with Gasteiger partial charge in [-0.2, -0.15) is 0 Å². The average molecular weight is 497 g/mol. The molecule has 0 bridgehead atoms. The quantitative estimate of drug-likeness (QED) is 0.568. The van der Waals surface area contributed by atoms with E-state index in [4.69, 9.17) is 9.47 Å². The van der Waals surface area contributed by atoms with Gasteiger partial charge in [0.2, 0.25) is 5.91 Å². The molecule has 8 heteroatoms. The molecule has 1 aromatic heterocycles. The number of rotatable bonds is 6. The first-order valence-corrected chi connectivity index (χ1v) is 10.8. The summed E-state index contributed by atoms with van der Waals surface area (Å²) in [5, 5.41) is 3.81. The Bertz CT molecular complexity index is 892. The number of hydrogen-bond donors (Lipinski definition) is 0. The van der Waals surface area contributed by atoms with E-state index in [-0.39, 0.29) is 30.5 Å². The third-order valence-corrected chi connectivity index (χ3v) is 6.18. The maximum absolute atomic E-state index is 12.7. The number of methoxy groups -OCH3 is 1. The highest BCUT2D eigenvalue weighted by atomic mass is 79.9. The van der Waals surface area contributed by atoms with Crippen LogP contribution in [0.15, 0.2) is 41.1 Å². The second-order valence-corrected chi connectivity index (χ2v) is 8.61. The minimum atomic E-state index is -0.0283. The first-order chi connectivity index (χ1) is 14.0. The molecular weight excluding hydrogens is 470 g/mol. The second-order valence-electron chi connectivity index (χ2n) is 7.69. The van der Waals surface area contributed by atoms with E-state index in [9.17, 15) is 4.79 Å². The predicted molar refractivity (Wildman–Crippen MR) is 121 cm³/mol. The van der Waals surface area contributed by atoms with Crippen molar-refractivity contribution in [3.05, 3.63) is 52.3 Å². The molecule has 162 valence electrons. The first-order valence-electron chi connectivity index (χ1n) is 10.0. The number of amides is 1. The number of aromatic nitrogens is 1. The van der Waals surface area contributed by atoms with Gasteiger partial charge in [0, 0.05) is 30.3 Å². The van der Waals surface area contributed by atoms with Gasteiger partial charge in [-0.15, -0.1) is 12.4 Å². The van der Waals surface area contributed by atoms with Gasteiger partial charge in [-0.05, 0) is 70.9 Å². The first kappa shape index (κ1) is 22.8. The summed E-state index contributed by atoms with van der Waals surface area (Å²) in [7, 11) is 3.62. The van der Waals surface area contributed by atoms with Gasteiger partial charge in [0.05, 0.1) is 25.8 Å². The molecule has 0 N–H and O–H groups in total. The van der Waals surface area contributed by atoms with Gasteiger partial charge in [0.25, 0.3) is 0 Å². The van der Waals surface area contributed by atoms with Gasteiger partial charge >= 0.3 is 0 Å². The lowest BCUT2D eigenvalue weighted by Gasteiger charge is -2.29. The van der Waals surface area contributed by atoms with Crippen molar-refractivity contribution < 1.29 is 14.3 Å². The number of hydrogen-bond acceptors (Lipinski definition) is 5. The summed E-state index contributed by atoms with van der Waals surface area (Å²) in [4.78, 5) is 16.9. The molecule has 1 atom stereocenters. The van der Waals surface area contributed by atoms with Crippen LogP contribution in [0.25, 0.3) is 0 Å². The normalized spacial score (nSPS) is 19.8. The van der Waals surface area contributed by atoms with Crippen LogP contribution in [-0.2, 0) is 11.3 Å². The van der Waals surface area contributed by atoms with Crippen LogP contribution < -0.4 is 9.47 Å². The van der Waals surface area contributed by atoms with Crippen molar-refractivity contribution in [2.45, 2.75) is 50.8 Å². The minimum absolute atomic E-state index is 0. The molecule has 1 amide bonds. The summed E-state index contributed by atoms with van der Waals surface area (Å²) >= 11 is 3.44. The standard InChI is InChI=1S/C22H26BrN3O3.ClH/c1-25-19(11-22(27)26(25)14-15-9-17(23)13-24-12-15)16-7-8-20(28-2)21(10-16)29-18-5-3-4-6-18;/h7-10,12-13,18-19H,3-6,11,14H2,1-2H3;1H. The Morgan fingerprint density at radius 2 is 1.93 bits per heavy atom. The molecule has 1 aromatic carbocycles. The van der Waals surface area contributed by atoms with Crippen LogP contribution in [0, 0.1) is 0 Å². The summed E-state index contributed by atoms with van der Waals surface area (Å²) in [5.41, 5.74) is 2.05. The van der Waals surface area contributed by atoms with Crippen LogP contribution in [0.2, 0.25) is 0 Å². The molecule has 1 unspecified atom stereocenters. The van der Waals surface area contributed by atoms with E-state index >= 15 is 0 Å². The molecule has 1 aliphatic heterocycles. The van der Waals surface area contributed by atoms with Crippen molar-refractivity contribution in [3.63, 3.8) is 0 Å². The van der Waals surface area contributed by atoms with Gasteiger partial charge in [0.15, 0.2) is 11.5 Å². The number of carbonyl (C=O) groups excluding carboxylic acids is 1. The van der Waals surface area contributed by atoms with E-state index in [1.165, 1.54) is 12.8 Å². The lowest BCUT2D eigenvalue weighted by Crippen LogP contribution is -2.36. The van der Waals surface area contributed by atoms with E-state index in [1.54, 1.807) is 24.5 Å². The summed E-state index contributed by atoms with van der Waals surface area (Å²) in [5.74, 6) is 1.61. The van der Waals surface area contributed by atoms with Crippen LogP contribution in [0.1, 0.15) is 49.3 Å². The van der Waals surface area contributed by atoms with Gasteiger partial charge in [-0.1, -0.05) is 6.07 Å². The summed E-state index contributed by atoms with van der Waals surface area (Å²) in [6.07, 6.45) is 8.83. The summed E-state index contributed by atoms with van der Waals surface area (Å²) in [6, 6.07) is 7.97. The predicted octanol–water partition coefficient (Wildman–Crippen LogP) is 4.92. The summed E-state index contributed by atoms with van der Waals surface area (Å²) in [6.45, 7) is 0.500. The molecule has 1 saturated heterocycles. The lowest BCUT2D eigenvalue weighted by molar-refractivity contribution is -0.138. The van der Waals surface area contributed by atoms with Gasteiger partial charge in [-0.25, -0.2) is 5.01 Å². The molecule has 1 aliphatic carbocycles. The fourth-order valence-electron chi connectivity index (χ4n) is 4.17. The van der Waals surface area contributed by atoms with Crippen molar-refractivity contribution in [2.24, 2.45) is 0 Å². The molecule has 2 aromatic rings. The van der Waals surface area contributed by atoms with Crippen LogP contribution in [0.5, 0.6) is 11.5 Å². The largest absolute Gasteiger partial charge is 0.493 e. The number of hydrazine groups is 1. The van der Waals surface area contributed by atoms with Crippen molar-refractivity contribution in [1.29, 1.82) is 0 Å². The maximum Gasteiger partial charge on any atom is 0.239 e. The Kier molecular flexibility index (Phi) is 7.60. The number of pyridine rings is 1. The Balaban J connectivity index is 0.00000256. The van der Waals surface area contributed by atoms with Crippen molar-refractivity contribution >= 4 is 34.2 Å². The maximum atomic E-state index is 12.7. The van der Waals surface area contributed by atoms with Crippen LogP contribution in [0.4, 0.5) is 0 Å². The highest BCUT2D eigenvalue weighted by molar-refractivity contribution is 9.10. The van der Waals surface area contributed by atoms with Crippen molar-refractivity contribution in [2.75, 3.05) is 14.2 Å². The molecule has 0 radical (unpaired) electrons. The molecule has 4 rings (SSSR count). The fraction of sp³-hybridized carbons (Fsp3) is 0.455. The molecule has 2 heterocycles. The highest BCUT2D eigenvalue weighted by Crippen LogP contribution is 2.38. The SMILES string of the molecule is COc1ccc(C2CC(=O)N(Cc3cncc(Br)c3)N2C)cc1OC1CCCC1.Cl. The Morgan fingerprint density at radius 1 is 1.17 bits per heavy atom. The van der Waals surface area contributed by atoms with E-state index in [0.717, 1.165) is 39.9 Å². The van der Waals surface area contributed by atoms with Crippen LogP contribution in [0.3, 0.4) is 0 Å². The number of nitrogens with zero attached hydrogens (tertiary/aromatic N) is 3. The Hall–Kier alpha value is -1.83. The molecule has 0 spiro atoms. The van der Waals surface area contributed by atoms with E-state index < -0.39 is 0 Å². The number of benzene rings is 1. The minimum Gasteiger partial charge on any atom is -0.493 e. The zero-order chi connectivity index (χ0) is 20.4. The van der Waals surface area contributed by atoms with Gasteiger partial charge < -0.3 is 9.47 Å². The third kappa shape index (κ3) is 4.90. The van der Waals surface area contributed by atoms with Gasteiger partial charge in [0.1, 0.15) is 0 Å². The Labute approximate surface area is 192 Å². The Morgan fingerprint density at radius 3 is 2.63 bits per heavy atom. The molecule has 1 saturated carbocycles. The zero-order valence-electron chi connectivity index (χ0n) is 17.2. The fourth-order valence-corrected chi connectivity index (χ4v) is 4.59. The second kappa shape index (κ2) is 9.98. The number of ether oxygens (including phenoxy) is 2. The average Bonchev–Trinajstić information content (AvgIpc) is 3.31. The van der Waals surface area contributed by atoms with Gasteiger partial charge in [-0.3, -0.25) is 14.8 Å².